The van der Waals surface area contributed by atoms with Gasteiger partial charge in [0.05, 0.1) is 6.54 Å². The Balaban J connectivity index is 0.00000264. The summed E-state index contributed by atoms with van der Waals surface area (Å²) >= 11 is 0. The lowest BCUT2D eigenvalue weighted by molar-refractivity contribution is -0.0505. The fourth-order valence-corrected chi connectivity index (χ4v) is 1.83. The minimum absolute atomic E-state index is 0. The Kier molecular flexibility index (Phi) is 7.59. The molecule has 0 saturated heterocycles. The lowest BCUT2D eigenvalue weighted by Crippen LogP contribution is -2.34. The normalized spacial score (nSPS) is 13.2. The molecule has 0 aliphatic carbocycles. The third-order valence-electron chi connectivity index (χ3n) is 2.88. The Morgan fingerprint density at radius 3 is 2.61 bits per heavy atom. The molecule has 6 nitrogen and oxygen atoms in total. The smallest absolute Gasteiger partial charge is 0.387 e. The number of benzene rings is 1. The Morgan fingerprint density at radius 2 is 2.00 bits per heavy atom. The number of rotatable bonds is 6. The number of hydrogen-bond acceptors (Lipinski definition) is 4. The van der Waals surface area contributed by atoms with Crippen LogP contribution in [0.4, 0.5) is 8.78 Å². The third-order valence-corrected chi connectivity index (χ3v) is 2.88. The van der Waals surface area contributed by atoms with Crippen LogP contribution in [0.1, 0.15) is 19.4 Å². The van der Waals surface area contributed by atoms with E-state index in [1.54, 1.807) is 6.07 Å². The van der Waals surface area contributed by atoms with Gasteiger partial charge < -0.3 is 25.3 Å². The van der Waals surface area contributed by atoms with Gasteiger partial charge in [-0.05, 0) is 12.0 Å². The molecule has 0 saturated carbocycles. The van der Waals surface area contributed by atoms with Crippen molar-refractivity contribution in [3.8, 4) is 17.2 Å². The highest BCUT2D eigenvalue weighted by Gasteiger charge is 2.19. The molecule has 2 rings (SSSR count). The van der Waals surface area contributed by atoms with Crippen LogP contribution < -0.4 is 25.3 Å². The quantitative estimate of drug-likeness (QED) is 0.402. The number of aliphatic imine (C=N–C) groups is 1. The zero-order valence-corrected chi connectivity index (χ0v) is 15.2. The van der Waals surface area contributed by atoms with Gasteiger partial charge in [0.2, 0.25) is 6.79 Å². The van der Waals surface area contributed by atoms with Crippen LogP contribution in [0, 0.1) is 5.92 Å². The Morgan fingerprint density at radius 1 is 1.35 bits per heavy atom. The van der Waals surface area contributed by atoms with Gasteiger partial charge in [-0.2, -0.15) is 8.78 Å². The fourth-order valence-electron chi connectivity index (χ4n) is 1.83. The van der Waals surface area contributed by atoms with E-state index in [0.717, 1.165) is 0 Å². The van der Waals surface area contributed by atoms with Crippen molar-refractivity contribution in [2.75, 3.05) is 13.3 Å². The van der Waals surface area contributed by atoms with Gasteiger partial charge in [-0.3, -0.25) is 0 Å². The highest BCUT2D eigenvalue weighted by Crippen LogP contribution is 2.38. The standard InChI is InChI=1S/C14H19F2N3O3.HI/c1-8(2)5-18-14(17)19-6-9-3-11-12(21-7-20-11)4-10(9)22-13(15)16;/h3-4,8,13H,5-7H2,1-2H3,(H3,17,18,19);1H. The molecule has 1 aromatic rings. The third kappa shape index (κ3) is 5.88. The molecule has 1 aromatic carbocycles. The summed E-state index contributed by atoms with van der Waals surface area (Å²) in [6.45, 7) is 1.96. The minimum Gasteiger partial charge on any atom is -0.454 e. The van der Waals surface area contributed by atoms with Gasteiger partial charge in [-0.1, -0.05) is 13.8 Å². The second-order valence-corrected chi connectivity index (χ2v) is 5.17. The zero-order chi connectivity index (χ0) is 16.1. The first-order valence-electron chi connectivity index (χ1n) is 6.87. The van der Waals surface area contributed by atoms with Gasteiger partial charge in [-0.25, -0.2) is 4.99 Å². The second-order valence-electron chi connectivity index (χ2n) is 5.17. The van der Waals surface area contributed by atoms with Crippen LogP contribution in [0.15, 0.2) is 17.1 Å². The van der Waals surface area contributed by atoms with Crippen LogP contribution in [0.25, 0.3) is 0 Å². The number of guanidine groups is 1. The number of nitrogens with zero attached hydrogens (tertiary/aromatic N) is 1. The first kappa shape index (κ1) is 19.5. The average Bonchev–Trinajstić information content (AvgIpc) is 2.89. The molecule has 0 atom stereocenters. The van der Waals surface area contributed by atoms with E-state index in [0.29, 0.717) is 29.5 Å². The molecule has 9 heteroatoms. The lowest BCUT2D eigenvalue weighted by Gasteiger charge is -2.11. The highest BCUT2D eigenvalue weighted by atomic mass is 127. The van der Waals surface area contributed by atoms with Crippen LogP contribution in [0.2, 0.25) is 0 Å². The molecule has 0 bridgehead atoms. The van der Waals surface area contributed by atoms with Crippen LogP contribution in [-0.4, -0.2) is 25.9 Å². The predicted octanol–water partition coefficient (Wildman–Crippen LogP) is 2.70. The first-order valence-corrected chi connectivity index (χ1v) is 6.87. The molecule has 23 heavy (non-hydrogen) atoms. The van der Waals surface area contributed by atoms with Gasteiger partial charge in [0.15, 0.2) is 17.5 Å². The molecular formula is C14H20F2IN3O3. The molecule has 1 heterocycles. The maximum Gasteiger partial charge on any atom is 0.387 e. The van der Waals surface area contributed by atoms with Gasteiger partial charge in [0, 0.05) is 18.2 Å². The molecule has 0 spiro atoms. The van der Waals surface area contributed by atoms with Crippen molar-refractivity contribution in [1.29, 1.82) is 0 Å². The minimum atomic E-state index is -2.93. The number of halogens is 3. The Hall–Kier alpha value is -1.52. The maximum atomic E-state index is 12.5. The molecule has 0 aromatic heterocycles. The molecule has 0 unspecified atom stereocenters. The number of nitrogens with one attached hydrogen (secondary N) is 1. The Bertz CT molecular complexity index is 556. The monoisotopic (exact) mass is 443 g/mol. The summed E-state index contributed by atoms with van der Waals surface area (Å²) in [5.41, 5.74) is 6.17. The van der Waals surface area contributed by atoms with Crippen molar-refractivity contribution in [2.45, 2.75) is 27.0 Å². The van der Waals surface area contributed by atoms with E-state index in [1.165, 1.54) is 6.07 Å². The van der Waals surface area contributed by atoms with Crippen LogP contribution >= 0.6 is 24.0 Å². The topological polar surface area (TPSA) is 78.1 Å². The molecule has 130 valence electrons. The average molecular weight is 443 g/mol. The molecule has 1 aliphatic heterocycles. The number of hydrogen-bond donors (Lipinski definition) is 2. The number of fused-ring (bicyclic) bond motifs is 1. The van der Waals surface area contributed by atoms with Crippen molar-refractivity contribution in [3.63, 3.8) is 0 Å². The highest BCUT2D eigenvalue weighted by molar-refractivity contribution is 14.0. The molecule has 0 fully saturated rings. The van der Waals surface area contributed by atoms with E-state index in [-0.39, 0.29) is 49.0 Å². The molecule has 1 aliphatic rings. The molecular weight excluding hydrogens is 423 g/mol. The zero-order valence-electron chi connectivity index (χ0n) is 12.8. The van der Waals surface area contributed by atoms with Crippen molar-refractivity contribution in [2.24, 2.45) is 16.6 Å². The second kappa shape index (κ2) is 8.94. The fraction of sp³-hybridized carbons (Fsp3) is 0.500. The first-order chi connectivity index (χ1) is 10.5. The summed E-state index contributed by atoms with van der Waals surface area (Å²) in [5, 5.41) is 2.95. The number of alkyl halides is 2. The predicted molar refractivity (Wildman–Crippen MR) is 92.8 cm³/mol. The van der Waals surface area contributed by atoms with E-state index in [4.69, 9.17) is 15.2 Å². The summed E-state index contributed by atoms with van der Waals surface area (Å²) in [6.07, 6.45) is 0. The SMILES string of the molecule is CC(C)CNC(N)=NCc1cc2c(cc1OC(F)F)OCO2.I. The Labute approximate surface area is 150 Å². The van der Waals surface area contributed by atoms with Crippen molar-refractivity contribution < 1.29 is 23.0 Å². The van der Waals surface area contributed by atoms with Crippen molar-refractivity contribution in [1.82, 2.24) is 5.32 Å². The molecule has 0 amide bonds. The number of ether oxygens (including phenoxy) is 3. The van der Waals surface area contributed by atoms with Crippen molar-refractivity contribution >= 4 is 29.9 Å². The summed E-state index contributed by atoms with van der Waals surface area (Å²) in [5.74, 6) is 1.50. The molecule has 3 N–H and O–H groups in total. The van der Waals surface area contributed by atoms with E-state index >= 15 is 0 Å². The van der Waals surface area contributed by atoms with Gasteiger partial charge >= 0.3 is 6.61 Å². The van der Waals surface area contributed by atoms with Gasteiger partial charge in [-0.15, -0.1) is 24.0 Å². The maximum absolute atomic E-state index is 12.5. The largest absolute Gasteiger partial charge is 0.454 e. The van der Waals surface area contributed by atoms with Gasteiger partial charge in [0.1, 0.15) is 5.75 Å². The van der Waals surface area contributed by atoms with Crippen molar-refractivity contribution in [3.05, 3.63) is 17.7 Å². The van der Waals surface area contributed by atoms with E-state index in [1.807, 2.05) is 13.8 Å². The molecule has 0 radical (unpaired) electrons. The summed E-state index contributed by atoms with van der Waals surface area (Å²) in [7, 11) is 0. The summed E-state index contributed by atoms with van der Waals surface area (Å²) in [4.78, 5) is 4.12. The van der Waals surface area contributed by atoms with E-state index < -0.39 is 6.61 Å². The summed E-state index contributed by atoms with van der Waals surface area (Å²) in [6, 6.07) is 2.94. The van der Waals surface area contributed by atoms with E-state index in [9.17, 15) is 8.78 Å². The lowest BCUT2D eigenvalue weighted by atomic mass is 10.1. The van der Waals surface area contributed by atoms with Crippen LogP contribution in [0.3, 0.4) is 0 Å². The van der Waals surface area contributed by atoms with Crippen LogP contribution in [-0.2, 0) is 6.54 Å². The van der Waals surface area contributed by atoms with E-state index in [2.05, 4.69) is 15.0 Å². The van der Waals surface area contributed by atoms with Gasteiger partial charge in [0.25, 0.3) is 0 Å². The van der Waals surface area contributed by atoms with Crippen LogP contribution in [0.5, 0.6) is 17.2 Å². The number of nitrogens with two attached hydrogens (primary N) is 1. The summed E-state index contributed by atoms with van der Waals surface area (Å²) < 4.78 is 39.9.